The second-order valence-corrected chi connectivity index (χ2v) is 8.34. The van der Waals surface area contributed by atoms with E-state index in [0.29, 0.717) is 11.4 Å². The third-order valence-electron chi connectivity index (χ3n) is 5.06. The number of aryl methyl sites for hydroxylation is 1. The molecule has 2 N–H and O–H groups in total. The number of carbonyl (C=O) groups excluding carboxylic acids is 2. The molecule has 0 aliphatic heterocycles. The molecule has 0 bridgehead atoms. The molecule has 0 saturated heterocycles. The second kappa shape index (κ2) is 10.7. The van der Waals surface area contributed by atoms with Crippen molar-refractivity contribution in [2.75, 3.05) is 11.9 Å². The smallest absolute Gasteiger partial charge is 0.291 e. The molecule has 4 rings (SSSR count). The molecule has 2 heterocycles. The van der Waals surface area contributed by atoms with Crippen LogP contribution in [0.15, 0.2) is 88.9 Å². The monoisotopic (exact) mass is 460 g/mol. The quantitative estimate of drug-likeness (QED) is 0.349. The van der Waals surface area contributed by atoms with Crippen molar-refractivity contribution in [1.82, 2.24) is 5.32 Å². The predicted molar refractivity (Wildman–Crippen MR) is 129 cm³/mol. The number of ether oxygens (including phenoxy) is 1. The van der Waals surface area contributed by atoms with Gasteiger partial charge in [-0.15, -0.1) is 11.3 Å². The number of anilines is 1. The van der Waals surface area contributed by atoms with Crippen LogP contribution in [-0.4, -0.2) is 18.4 Å². The maximum Gasteiger partial charge on any atom is 0.291 e. The Kier molecular flexibility index (Phi) is 7.22. The fraction of sp³-hybridized carbons (Fsp3) is 0.154. The zero-order valence-corrected chi connectivity index (χ0v) is 18.9. The molecule has 0 radical (unpaired) electrons. The van der Waals surface area contributed by atoms with Gasteiger partial charge in [-0.1, -0.05) is 43.3 Å². The Hall–Kier alpha value is -3.84. The van der Waals surface area contributed by atoms with Crippen molar-refractivity contribution in [3.63, 3.8) is 0 Å². The standard InChI is InChI=1S/C26H24N2O4S/c1-2-18-10-12-19(13-11-18)25(23-9-5-15-33-23)28-24(29)17-32-21-7-3-6-20(16-21)27-26(30)22-8-4-14-31-22/h3-16,25H,2,17H2,1H3,(H,27,30)(H,28,29). The zero-order chi connectivity index (χ0) is 23.0. The van der Waals surface area contributed by atoms with E-state index in [4.69, 9.17) is 9.15 Å². The molecule has 33 heavy (non-hydrogen) atoms. The van der Waals surface area contributed by atoms with Crippen LogP contribution in [0.2, 0.25) is 0 Å². The van der Waals surface area contributed by atoms with E-state index in [9.17, 15) is 9.59 Å². The van der Waals surface area contributed by atoms with Gasteiger partial charge in [-0.3, -0.25) is 9.59 Å². The van der Waals surface area contributed by atoms with Gasteiger partial charge in [0.15, 0.2) is 12.4 Å². The first-order valence-electron chi connectivity index (χ1n) is 10.6. The lowest BCUT2D eigenvalue weighted by atomic mass is 10.0. The molecule has 0 fully saturated rings. The number of benzene rings is 2. The Balaban J connectivity index is 1.38. The van der Waals surface area contributed by atoms with E-state index in [1.165, 1.54) is 11.8 Å². The summed E-state index contributed by atoms with van der Waals surface area (Å²) in [4.78, 5) is 25.9. The fourth-order valence-corrected chi connectivity index (χ4v) is 4.14. The van der Waals surface area contributed by atoms with Gasteiger partial charge in [-0.05, 0) is 53.3 Å². The van der Waals surface area contributed by atoms with Gasteiger partial charge in [-0.2, -0.15) is 0 Å². The van der Waals surface area contributed by atoms with Crippen LogP contribution >= 0.6 is 11.3 Å². The number of rotatable bonds is 9. The molecular weight excluding hydrogens is 436 g/mol. The third kappa shape index (κ3) is 5.90. The molecule has 0 aliphatic carbocycles. The molecule has 1 unspecified atom stereocenters. The number of thiophene rings is 1. The summed E-state index contributed by atoms with van der Waals surface area (Å²) in [5.74, 6) is 0.0930. The van der Waals surface area contributed by atoms with Crippen molar-refractivity contribution in [2.45, 2.75) is 19.4 Å². The van der Waals surface area contributed by atoms with E-state index >= 15 is 0 Å². The lowest BCUT2D eigenvalue weighted by Crippen LogP contribution is -2.32. The molecule has 0 spiro atoms. The minimum Gasteiger partial charge on any atom is -0.484 e. The molecule has 168 valence electrons. The van der Waals surface area contributed by atoms with Crippen molar-refractivity contribution in [2.24, 2.45) is 0 Å². The Morgan fingerprint density at radius 3 is 2.58 bits per heavy atom. The lowest BCUT2D eigenvalue weighted by molar-refractivity contribution is -0.123. The number of hydrogen-bond donors (Lipinski definition) is 2. The number of nitrogens with one attached hydrogen (secondary N) is 2. The largest absolute Gasteiger partial charge is 0.484 e. The highest BCUT2D eigenvalue weighted by molar-refractivity contribution is 7.10. The topological polar surface area (TPSA) is 80.6 Å². The van der Waals surface area contributed by atoms with E-state index in [1.54, 1.807) is 47.7 Å². The molecule has 2 amide bonds. The van der Waals surface area contributed by atoms with Crippen molar-refractivity contribution >= 4 is 28.8 Å². The van der Waals surface area contributed by atoms with E-state index in [-0.39, 0.29) is 30.2 Å². The van der Waals surface area contributed by atoms with Crippen LogP contribution in [0.25, 0.3) is 0 Å². The summed E-state index contributed by atoms with van der Waals surface area (Å²) in [5, 5.41) is 7.81. The Morgan fingerprint density at radius 2 is 1.88 bits per heavy atom. The Morgan fingerprint density at radius 1 is 1.03 bits per heavy atom. The van der Waals surface area contributed by atoms with E-state index in [0.717, 1.165) is 16.9 Å². The first-order valence-corrected chi connectivity index (χ1v) is 11.5. The predicted octanol–water partition coefficient (Wildman–Crippen LogP) is 5.44. The zero-order valence-electron chi connectivity index (χ0n) is 18.1. The van der Waals surface area contributed by atoms with Crippen molar-refractivity contribution in [1.29, 1.82) is 0 Å². The van der Waals surface area contributed by atoms with Crippen LogP contribution in [0, 0.1) is 0 Å². The van der Waals surface area contributed by atoms with Gasteiger partial charge >= 0.3 is 0 Å². The van der Waals surface area contributed by atoms with Crippen LogP contribution < -0.4 is 15.4 Å². The lowest BCUT2D eigenvalue weighted by Gasteiger charge is -2.19. The van der Waals surface area contributed by atoms with Gasteiger partial charge < -0.3 is 19.8 Å². The summed E-state index contributed by atoms with van der Waals surface area (Å²) >= 11 is 1.60. The van der Waals surface area contributed by atoms with E-state index in [2.05, 4.69) is 41.8 Å². The molecule has 4 aromatic rings. The first kappa shape index (κ1) is 22.4. The van der Waals surface area contributed by atoms with Crippen LogP contribution in [0.4, 0.5) is 5.69 Å². The SMILES string of the molecule is CCc1ccc(C(NC(=O)COc2cccc(NC(=O)c3ccco3)c2)c2cccs2)cc1. The Labute approximate surface area is 196 Å². The normalized spacial score (nSPS) is 11.5. The van der Waals surface area contributed by atoms with Crippen LogP contribution in [-0.2, 0) is 11.2 Å². The number of carbonyl (C=O) groups is 2. The minimum absolute atomic E-state index is 0.148. The van der Waals surface area contributed by atoms with Crippen LogP contribution in [0.5, 0.6) is 5.75 Å². The maximum absolute atomic E-state index is 12.7. The summed E-state index contributed by atoms with van der Waals surface area (Å²) in [6.07, 6.45) is 2.40. The summed E-state index contributed by atoms with van der Waals surface area (Å²) in [6, 6.07) is 22.1. The maximum atomic E-state index is 12.7. The summed E-state index contributed by atoms with van der Waals surface area (Å²) in [5.41, 5.74) is 2.81. The minimum atomic E-state index is -0.359. The van der Waals surface area contributed by atoms with Gasteiger partial charge in [0.05, 0.1) is 12.3 Å². The van der Waals surface area contributed by atoms with Gasteiger partial charge in [0.1, 0.15) is 5.75 Å². The molecular formula is C26H24N2O4S. The Bertz CT molecular complexity index is 1190. The van der Waals surface area contributed by atoms with Crippen LogP contribution in [0.3, 0.4) is 0 Å². The average molecular weight is 461 g/mol. The average Bonchev–Trinajstić information content (AvgIpc) is 3.56. The highest BCUT2D eigenvalue weighted by atomic mass is 32.1. The van der Waals surface area contributed by atoms with E-state index < -0.39 is 0 Å². The molecule has 2 aromatic carbocycles. The van der Waals surface area contributed by atoms with Crippen molar-refractivity contribution in [3.05, 3.63) is 106 Å². The van der Waals surface area contributed by atoms with E-state index in [1.807, 2.05) is 17.5 Å². The van der Waals surface area contributed by atoms with Gasteiger partial charge in [0.2, 0.25) is 0 Å². The highest BCUT2D eigenvalue weighted by Gasteiger charge is 2.18. The summed E-state index contributed by atoms with van der Waals surface area (Å²) in [7, 11) is 0. The van der Waals surface area contributed by atoms with Gasteiger partial charge in [0, 0.05) is 16.6 Å². The first-order chi connectivity index (χ1) is 16.1. The molecule has 2 aromatic heterocycles. The summed E-state index contributed by atoms with van der Waals surface area (Å²) in [6.45, 7) is 1.97. The molecule has 0 saturated carbocycles. The van der Waals surface area contributed by atoms with Gasteiger partial charge in [0.25, 0.3) is 11.8 Å². The third-order valence-corrected chi connectivity index (χ3v) is 6.00. The molecule has 6 nitrogen and oxygen atoms in total. The summed E-state index contributed by atoms with van der Waals surface area (Å²) < 4.78 is 10.8. The number of hydrogen-bond acceptors (Lipinski definition) is 5. The second-order valence-electron chi connectivity index (χ2n) is 7.36. The van der Waals surface area contributed by atoms with Crippen LogP contribution in [0.1, 0.15) is 39.5 Å². The molecule has 7 heteroatoms. The number of amides is 2. The highest BCUT2D eigenvalue weighted by Crippen LogP contribution is 2.26. The van der Waals surface area contributed by atoms with Crippen molar-refractivity contribution < 1.29 is 18.7 Å². The molecule has 1 atom stereocenters. The van der Waals surface area contributed by atoms with Gasteiger partial charge in [-0.25, -0.2) is 0 Å². The number of furan rings is 1. The van der Waals surface area contributed by atoms with Crippen molar-refractivity contribution in [3.8, 4) is 5.75 Å². The fourth-order valence-electron chi connectivity index (χ4n) is 3.34. The molecule has 0 aliphatic rings.